The first-order valence-electron chi connectivity index (χ1n) is 3.09. The van der Waals surface area contributed by atoms with Gasteiger partial charge >= 0.3 is 7.60 Å². The molecule has 0 bridgehead atoms. The molecule has 0 heterocycles. The van der Waals surface area contributed by atoms with E-state index in [0.29, 0.717) is 0 Å². The fourth-order valence-corrected chi connectivity index (χ4v) is 0.924. The van der Waals surface area contributed by atoms with Crippen molar-refractivity contribution >= 4 is 20.5 Å². The molecule has 0 aromatic rings. The average Bonchev–Trinajstić information content (AvgIpc) is 2.05. The molecule has 0 N–H and O–H groups in total. The Morgan fingerprint density at radius 1 is 1.08 bits per heavy atom. The van der Waals surface area contributed by atoms with E-state index in [1.54, 1.807) is 0 Å². The van der Waals surface area contributed by atoms with E-state index < -0.39 is 21.2 Å². The normalized spacial score (nSPS) is 10.5. The number of carbonyl (C=O) groups excluding carboxylic acids is 2. The standard InChI is InChI=1S/C5H9O7P/c1-13(8,11-4-9-2-6)12-5-10-3-7/h2-3H,4-5H2,1H3. The Labute approximate surface area is 74.4 Å². The number of carbonyl (C=O) groups is 2. The van der Waals surface area contributed by atoms with Gasteiger partial charge < -0.3 is 9.47 Å². The van der Waals surface area contributed by atoms with Gasteiger partial charge in [0.25, 0.3) is 12.9 Å². The zero-order valence-electron chi connectivity index (χ0n) is 6.87. The predicted octanol–water partition coefficient (Wildman–Crippen LogP) is 0.103. The highest BCUT2D eigenvalue weighted by molar-refractivity contribution is 7.52. The van der Waals surface area contributed by atoms with Crippen molar-refractivity contribution < 1.29 is 32.7 Å². The second kappa shape index (κ2) is 6.59. The molecule has 0 aliphatic heterocycles. The van der Waals surface area contributed by atoms with Crippen LogP contribution in [0.2, 0.25) is 0 Å². The largest absolute Gasteiger partial charge is 0.440 e. The highest BCUT2D eigenvalue weighted by atomic mass is 31.2. The van der Waals surface area contributed by atoms with Crippen LogP contribution in [0.1, 0.15) is 0 Å². The van der Waals surface area contributed by atoms with Crippen molar-refractivity contribution in [2.45, 2.75) is 0 Å². The van der Waals surface area contributed by atoms with Crippen LogP contribution in [-0.4, -0.2) is 33.2 Å². The molecule has 0 aromatic carbocycles. The van der Waals surface area contributed by atoms with E-state index in [4.69, 9.17) is 0 Å². The van der Waals surface area contributed by atoms with Gasteiger partial charge in [-0.05, 0) is 0 Å². The Morgan fingerprint density at radius 3 is 1.77 bits per heavy atom. The van der Waals surface area contributed by atoms with Gasteiger partial charge in [0.05, 0.1) is 0 Å². The van der Waals surface area contributed by atoms with Crippen LogP contribution in [-0.2, 0) is 32.7 Å². The third-order valence-electron chi connectivity index (χ3n) is 0.847. The van der Waals surface area contributed by atoms with Crippen LogP contribution in [0.4, 0.5) is 0 Å². The van der Waals surface area contributed by atoms with Gasteiger partial charge in [0, 0.05) is 6.66 Å². The van der Waals surface area contributed by atoms with E-state index in [0.717, 1.165) is 6.66 Å². The molecule has 0 radical (unpaired) electrons. The highest BCUT2D eigenvalue weighted by Crippen LogP contribution is 2.43. The zero-order valence-corrected chi connectivity index (χ0v) is 7.77. The second-order valence-electron chi connectivity index (χ2n) is 1.79. The Hall–Kier alpha value is -0.910. The van der Waals surface area contributed by atoms with Gasteiger partial charge in [-0.1, -0.05) is 0 Å². The maximum absolute atomic E-state index is 11.1. The van der Waals surface area contributed by atoms with Crippen LogP contribution < -0.4 is 0 Å². The lowest BCUT2D eigenvalue weighted by molar-refractivity contribution is -0.136. The fraction of sp³-hybridized carbons (Fsp3) is 0.600. The van der Waals surface area contributed by atoms with Crippen molar-refractivity contribution in [1.82, 2.24) is 0 Å². The van der Waals surface area contributed by atoms with Crippen molar-refractivity contribution in [2.75, 3.05) is 20.3 Å². The Kier molecular flexibility index (Phi) is 6.13. The first kappa shape index (κ1) is 12.1. The first-order chi connectivity index (χ1) is 6.12. The predicted molar refractivity (Wildman–Crippen MR) is 39.7 cm³/mol. The molecule has 0 saturated carbocycles. The lowest BCUT2D eigenvalue weighted by atomic mass is 11.4. The second-order valence-corrected chi connectivity index (χ2v) is 3.85. The smallest absolute Gasteiger partial charge is 0.333 e. The monoisotopic (exact) mass is 212 g/mol. The number of rotatable bonds is 8. The summed E-state index contributed by atoms with van der Waals surface area (Å²) in [6, 6.07) is 0. The molecule has 7 nitrogen and oxygen atoms in total. The van der Waals surface area contributed by atoms with Crippen molar-refractivity contribution in [3.63, 3.8) is 0 Å². The van der Waals surface area contributed by atoms with Crippen LogP contribution in [0.15, 0.2) is 0 Å². The van der Waals surface area contributed by atoms with Crippen LogP contribution >= 0.6 is 7.60 Å². The Morgan fingerprint density at radius 2 is 1.46 bits per heavy atom. The summed E-state index contributed by atoms with van der Waals surface area (Å²) >= 11 is 0. The first-order valence-corrected chi connectivity index (χ1v) is 5.08. The molecule has 0 amide bonds. The molecule has 76 valence electrons. The summed E-state index contributed by atoms with van der Waals surface area (Å²) in [5, 5.41) is 0. The van der Waals surface area contributed by atoms with Crippen molar-refractivity contribution in [3.8, 4) is 0 Å². The van der Waals surface area contributed by atoms with Crippen LogP contribution in [0.5, 0.6) is 0 Å². The van der Waals surface area contributed by atoms with Crippen LogP contribution in [0.3, 0.4) is 0 Å². The molecule has 0 atom stereocenters. The fourth-order valence-electron chi connectivity index (χ4n) is 0.345. The minimum absolute atomic E-state index is 0.141. The number of ether oxygens (including phenoxy) is 2. The van der Waals surface area contributed by atoms with Gasteiger partial charge in [-0.15, -0.1) is 0 Å². The van der Waals surface area contributed by atoms with Gasteiger partial charge in [-0.25, -0.2) is 0 Å². The van der Waals surface area contributed by atoms with Crippen molar-refractivity contribution in [3.05, 3.63) is 0 Å². The van der Waals surface area contributed by atoms with Crippen LogP contribution in [0.25, 0.3) is 0 Å². The summed E-state index contributed by atoms with van der Waals surface area (Å²) in [7, 11) is -3.32. The highest BCUT2D eigenvalue weighted by Gasteiger charge is 2.16. The summed E-state index contributed by atoms with van der Waals surface area (Å²) in [6.07, 6.45) is 0. The summed E-state index contributed by atoms with van der Waals surface area (Å²) in [5.74, 6) is 0. The van der Waals surface area contributed by atoms with E-state index in [1.807, 2.05) is 0 Å². The average molecular weight is 212 g/mol. The summed E-state index contributed by atoms with van der Waals surface area (Å²) in [4.78, 5) is 19.3. The summed E-state index contributed by atoms with van der Waals surface area (Å²) in [5.41, 5.74) is 0. The molecule has 0 aliphatic rings. The molecular weight excluding hydrogens is 203 g/mol. The third-order valence-corrected chi connectivity index (χ3v) is 2.00. The molecule has 13 heavy (non-hydrogen) atoms. The number of hydrogen-bond donors (Lipinski definition) is 0. The van der Waals surface area contributed by atoms with Crippen molar-refractivity contribution in [2.24, 2.45) is 0 Å². The molecule has 0 aliphatic carbocycles. The van der Waals surface area contributed by atoms with Crippen LogP contribution in [0, 0.1) is 0 Å². The quantitative estimate of drug-likeness (QED) is 0.244. The maximum atomic E-state index is 11.1. The minimum Gasteiger partial charge on any atom is -0.440 e. The molecule has 0 rings (SSSR count). The molecular formula is C5H9O7P. The third kappa shape index (κ3) is 7.45. The van der Waals surface area contributed by atoms with Gasteiger partial charge in [0.15, 0.2) is 0 Å². The SMILES string of the molecule is CP(=O)(OCOC=O)OCOC=O. The maximum Gasteiger partial charge on any atom is 0.333 e. The van der Waals surface area contributed by atoms with E-state index >= 15 is 0 Å². The molecule has 0 saturated heterocycles. The van der Waals surface area contributed by atoms with E-state index in [2.05, 4.69) is 18.5 Å². The molecule has 8 heteroatoms. The molecule has 0 spiro atoms. The number of hydrogen-bond acceptors (Lipinski definition) is 7. The topological polar surface area (TPSA) is 88.1 Å². The van der Waals surface area contributed by atoms with Gasteiger partial charge in [-0.3, -0.25) is 23.2 Å². The van der Waals surface area contributed by atoms with E-state index in [9.17, 15) is 14.2 Å². The van der Waals surface area contributed by atoms with Gasteiger partial charge in [0.2, 0.25) is 13.6 Å². The lowest BCUT2D eigenvalue weighted by Crippen LogP contribution is -2.01. The summed E-state index contributed by atoms with van der Waals surface area (Å²) < 4.78 is 28.3. The molecule has 0 fully saturated rings. The van der Waals surface area contributed by atoms with Gasteiger partial charge in [0.1, 0.15) is 0 Å². The Bertz CT molecular complexity index is 185. The van der Waals surface area contributed by atoms with Gasteiger partial charge in [-0.2, -0.15) is 0 Å². The van der Waals surface area contributed by atoms with Crippen molar-refractivity contribution in [1.29, 1.82) is 0 Å². The van der Waals surface area contributed by atoms with E-state index in [-0.39, 0.29) is 12.9 Å². The summed E-state index contributed by atoms with van der Waals surface area (Å²) in [6.45, 7) is 0.482. The zero-order chi connectivity index (χ0) is 10.2. The molecule has 0 aromatic heterocycles. The Balaban J connectivity index is 3.59. The lowest BCUT2D eigenvalue weighted by Gasteiger charge is -2.11. The van der Waals surface area contributed by atoms with E-state index in [1.165, 1.54) is 0 Å². The minimum atomic E-state index is -3.32. The molecule has 0 unspecified atom stereocenters.